The maximum absolute atomic E-state index is 10.1. The second-order valence-electron chi connectivity index (χ2n) is 5.01. The first-order chi connectivity index (χ1) is 6.43. The third-order valence-corrected chi connectivity index (χ3v) is 2.98. The molecule has 0 aromatic heterocycles. The largest absolute Gasteiger partial charge is 0.388 e. The van der Waals surface area contributed by atoms with Crippen molar-refractivity contribution in [3.05, 3.63) is 35.9 Å². The summed E-state index contributed by atoms with van der Waals surface area (Å²) in [6.07, 6.45) is -0.365. The summed E-state index contributed by atoms with van der Waals surface area (Å²) < 4.78 is 0. The molecule has 2 atom stereocenters. The molecule has 0 fully saturated rings. The first-order valence-corrected chi connectivity index (χ1v) is 5.16. The van der Waals surface area contributed by atoms with Gasteiger partial charge in [-0.15, -0.1) is 0 Å². The fourth-order valence-corrected chi connectivity index (χ4v) is 1.41. The van der Waals surface area contributed by atoms with Crippen molar-refractivity contribution in [3.8, 4) is 0 Å². The van der Waals surface area contributed by atoms with E-state index in [4.69, 9.17) is 0 Å². The lowest BCUT2D eigenvalue weighted by Gasteiger charge is -2.31. The number of hydrogen-bond donors (Lipinski definition) is 1. The van der Waals surface area contributed by atoms with E-state index in [-0.39, 0.29) is 17.4 Å². The third kappa shape index (κ3) is 2.58. The Kier molecular flexibility index (Phi) is 3.33. The Balaban J connectivity index is 2.81. The lowest BCUT2D eigenvalue weighted by atomic mass is 9.77. The topological polar surface area (TPSA) is 20.2 Å². The molecule has 14 heavy (non-hydrogen) atoms. The average Bonchev–Trinajstić information content (AvgIpc) is 2.15. The van der Waals surface area contributed by atoms with Crippen LogP contribution in [0.25, 0.3) is 0 Å². The standard InChI is InChI=1S/C13H20O/c1-10(13(2,3)4)12(14)11-8-6-5-7-9-11/h5-10,12,14H,1-4H3/t10-,12-/m1/s1. The molecule has 0 unspecified atom stereocenters. The van der Waals surface area contributed by atoms with Crippen molar-refractivity contribution in [1.29, 1.82) is 0 Å². The van der Waals surface area contributed by atoms with E-state index >= 15 is 0 Å². The van der Waals surface area contributed by atoms with Gasteiger partial charge in [-0.3, -0.25) is 0 Å². The normalized spacial score (nSPS) is 16.4. The highest BCUT2D eigenvalue weighted by atomic mass is 16.3. The van der Waals surface area contributed by atoms with Crippen LogP contribution < -0.4 is 0 Å². The van der Waals surface area contributed by atoms with Gasteiger partial charge in [0, 0.05) is 0 Å². The van der Waals surface area contributed by atoms with Crippen LogP contribution in [0.3, 0.4) is 0 Å². The van der Waals surface area contributed by atoms with E-state index in [1.54, 1.807) is 0 Å². The highest BCUT2D eigenvalue weighted by Gasteiger charge is 2.27. The molecule has 0 heterocycles. The summed E-state index contributed by atoms with van der Waals surface area (Å²) in [5, 5.41) is 10.1. The molecule has 1 N–H and O–H groups in total. The molecule has 0 aliphatic heterocycles. The number of benzene rings is 1. The summed E-state index contributed by atoms with van der Waals surface area (Å²) in [5.74, 6) is 0.255. The van der Waals surface area contributed by atoms with Crippen LogP contribution in [0.1, 0.15) is 39.4 Å². The molecule has 0 bridgehead atoms. The van der Waals surface area contributed by atoms with Gasteiger partial charge in [-0.25, -0.2) is 0 Å². The van der Waals surface area contributed by atoms with Crippen LogP contribution in [0.15, 0.2) is 30.3 Å². The van der Waals surface area contributed by atoms with Gasteiger partial charge >= 0.3 is 0 Å². The van der Waals surface area contributed by atoms with E-state index in [1.165, 1.54) is 0 Å². The molecule has 0 aliphatic carbocycles. The predicted octanol–water partition coefficient (Wildman–Crippen LogP) is 3.40. The van der Waals surface area contributed by atoms with Crippen LogP contribution in [0.5, 0.6) is 0 Å². The van der Waals surface area contributed by atoms with Gasteiger partial charge in [0.15, 0.2) is 0 Å². The van der Waals surface area contributed by atoms with E-state index in [0.29, 0.717) is 0 Å². The molecule has 78 valence electrons. The molecule has 0 radical (unpaired) electrons. The van der Waals surface area contributed by atoms with Crippen LogP contribution in [0.4, 0.5) is 0 Å². The van der Waals surface area contributed by atoms with Crippen molar-refractivity contribution < 1.29 is 5.11 Å². The van der Waals surface area contributed by atoms with Gasteiger partial charge in [-0.05, 0) is 16.9 Å². The van der Waals surface area contributed by atoms with Gasteiger partial charge in [0.1, 0.15) is 0 Å². The molecule has 0 aliphatic rings. The number of aliphatic hydroxyl groups is 1. The first-order valence-electron chi connectivity index (χ1n) is 5.16. The van der Waals surface area contributed by atoms with Crippen LogP contribution in [-0.4, -0.2) is 5.11 Å². The Morgan fingerprint density at radius 2 is 1.57 bits per heavy atom. The lowest BCUT2D eigenvalue weighted by Crippen LogP contribution is -2.24. The van der Waals surface area contributed by atoms with Gasteiger partial charge in [0.25, 0.3) is 0 Å². The quantitative estimate of drug-likeness (QED) is 0.761. The molecule has 0 saturated heterocycles. The molecular formula is C13H20O. The molecule has 1 rings (SSSR count). The maximum Gasteiger partial charge on any atom is 0.0820 e. The monoisotopic (exact) mass is 192 g/mol. The molecule has 1 heteroatoms. The molecule has 1 aromatic rings. The Hall–Kier alpha value is -0.820. The fourth-order valence-electron chi connectivity index (χ4n) is 1.41. The summed E-state index contributed by atoms with van der Waals surface area (Å²) in [6, 6.07) is 9.86. The molecular weight excluding hydrogens is 172 g/mol. The average molecular weight is 192 g/mol. The SMILES string of the molecule is C[C@H]([C@@H](O)c1ccccc1)C(C)(C)C. The van der Waals surface area contributed by atoms with E-state index < -0.39 is 0 Å². The lowest BCUT2D eigenvalue weighted by molar-refractivity contribution is 0.0535. The smallest absolute Gasteiger partial charge is 0.0820 e. The van der Waals surface area contributed by atoms with Crippen molar-refractivity contribution in [1.82, 2.24) is 0 Å². The van der Waals surface area contributed by atoms with E-state index in [1.807, 2.05) is 30.3 Å². The van der Waals surface area contributed by atoms with Crippen molar-refractivity contribution in [3.63, 3.8) is 0 Å². The van der Waals surface area contributed by atoms with Crippen molar-refractivity contribution in [2.75, 3.05) is 0 Å². The molecule has 0 spiro atoms. The van der Waals surface area contributed by atoms with Crippen molar-refractivity contribution in [2.24, 2.45) is 11.3 Å². The Labute approximate surface area is 86.8 Å². The molecule has 0 saturated carbocycles. The summed E-state index contributed by atoms with van der Waals surface area (Å²) in [7, 11) is 0. The van der Waals surface area contributed by atoms with Gasteiger partial charge in [0.05, 0.1) is 6.10 Å². The first kappa shape index (κ1) is 11.3. The minimum absolute atomic E-state index is 0.134. The summed E-state index contributed by atoms with van der Waals surface area (Å²) in [5.41, 5.74) is 1.14. The predicted molar refractivity (Wildman–Crippen MR) is 60.0 cm³/mol. The van der Waals surface area contributed by atoms with E-state index in [2.05, 4.69) is 27.7 Å². The zero-order valence-electron chi connectivity index (χ0n) is 9.49. The maximum atomic E-state index is 10.1. The highest BCUT2D eigenvalue weighted by Crippen LogP contribution is 2.35. The Morgan fingerprint density at radius 1 is 1.07 bits per heavy atom. The second kappa shape index (κ2) is 4.14. The third-order valence-electron chi connectivity index (χ3n) is 2.98. The van der Waals surface area contributed by atoms with Crippen LogP contribution in [0, 0.1) is 11.3 Å². The fraction of sp³-hybridized carbons (Fsp3) is 0.538. The van der Waals surface area contributed by atoms with Gasteiger partial charge < -0.3 is 5.11 Å². The zero-order valence-corrected chi connectivity index (χ0v) is 9.49. The van der Waals surface area contributed by atoms with Crippen LogP contribution in [0.2, 0.25) is 0 Å². The Morgan fingerprint density at radius 3 is 2.00 bits per heavy atom. The zero-order chi connectivity index (χ0) is 10.8. The van der Waals surface area contributed by atoms with Crippen molar-refractivity contribution >= 4 is 0 Å². The van der Waals surface area contributed by atoms with Crippen molar-refractivity contribution in [2.45, 2.75) is 33.8 Å². The highest BCUT2D eigenvalue weighted by molar-refractivity contribution is 5.18. The molecule has 1 aromatic carbocycles. The summed E-state index contributed by atoms with van der Waals surface area (Å²) in [4.78, 5) is 0. The summed E-state index contributed by atoms with van der Waals surface area (Å²) >= 11 is 0. The summed E-state index contributed by atoms with van der Waals surface area (Å²) in [6.45, 7) is 8.56. The van der Waals surface area contributed by atoms with Crippen LogP contribution in [-0.2, 0) is 0 Å². The Bertz CT molecular complexity index is 271. The molecule has 1 nitrogen and oxygen atoms in total. The second-order valence-corrected chi connectivity index (χ2v) is 5.01. The number of aliphatic hydroxyl groups excluding tert-OH is 1. The number of rotatable bonds is 2. The minimum Gasteiger partial charge on any atom is -0.388 e. The number of hydrogen-bond acceptors (Lipinski definition) is 1. The van der Waals surface area contributed by atoms with Gasteiger partial charge in [-0.2, -0.15) is 0 Å². The van der Waals surface area contributed by atoms with E-state index in [9.17, 15) is 5.11 Å². The minimum atomic E-state index is -0.365. The van der Waals surface area contributed by atoms with E-state index in [0.717, 1.165) is 5.56 Å². The van der Waals surface area contributed by atoms with Crippen LogP contribution >= 0.6 is 0 Å². The van der Waals surface area contributed by atoms with Gasteiger partial charge in [-0.1, -0.05) is 58.0 Å². The van der Waals surface area contributed by atoms with Gasteiger partial charge in [0.2, 0.25) is 0 Å². The molecule has 0 amide bonds.